The summed E-state index contributed by atoms with van der Waals surface area (Å²) in [6.07, 6.45) is 4.38. The number of hydrogen-bond acceptors (Lipinski definition) is 3. The average Bonchev–Trinajstić information content (AvgIpc) is 3.00. The van der Waals surface area contributed by atoms with Crippen molar-refractivity contribution in [2.75, 3.05) is 13.7 Å². The van der Waals surface area contributed by atoms with Gasteiger partial charge in [0.25, 0.3) is 0 Å². The molecule has 0 spiro atoms. The zero-order valence-corrected chi connectivity index (χ0v) is 11.7. The van der Waals surface area contributed by atoms with Crippen LogP contribution in [0.4, 0.5) is 0 Å². The zero-order chi connectivity index (χ0) is 13.5. The number of methoxy groups -OCH3 is 1. The lowest BCUT2D eigenvalue weighted by molar-refractivity contribution is 0.101. The van der Waals surface area contributed by atoms with Gasteiger partial charge in [0.2, 0.25) is 0 Å². The van der Waals surface area contributed by atoms with E-state index in [0.717, 1.165) is 18.8 Å². The van der Waals surface area contributed by atoms with Crippen LogP contribution in [0.5, 0.6) is 5.75 Å². The third kappa shape index (κ3) is 1.83. The second-order valence-electron chi connectivity index (χ2n) is 5.77. The van der Waals surface area contributed by atoms with Gasteiger partial charge in [-0.15, -0.1) is 0 Å². The Labute approximate surface area is 118 Å². The molecule has 2 unspecified atom stereocenters. The highest BCUT2D eigenvalue weighted by Crippen LogP contribution is 2.45. The number of nitrogens with one attached hydrogen (secondary N) is 1. The van der Waals surface area contributed by atoms with Gasteiger partial charge in [-0.1, -0.05) is 12.1 Å². The van der Waals surface area contributed by atoms with Gasteiger partial charge in [-0.3, -0.25) is 4.90 Å². The van der Waals surface area contributed by atoms with Crippen LogP contribution in [0.1, 0.15) is 41.8 Å². The van der Waals surface area contributed by atoms with E-state index in [1.165, 1.54) is 29.8 Å². The van der Waals surface area contributed by atoms with Crippen molar-refractivity contribution in [3.63, 3.8) is 0 Å². The predicted molar refractivity (Wildman–Crippen MR) is 76.7 cm³/mol. The largest absolute Gasteiger partial charge is 0.497 e. The second-order valence-corrected chi connectivity index (χ2v) is 5.77. The van der Waals surface area contributed by atoms with Crippen LogP contribution in [0.25, 0.3) is 0 Å². The van der Waals surface area contributed by atoms with E-state index in [2.05, 4.69) is 27.0 Å². The molecule has 1 aromatic carbocycles. The Morgan fingerprint density at radius 1 is 1.30 bits per heavy atom. The molecule has 5 rings (SSSR count). The van der Waals surface area contributed by atoms with Gasteiger partial charge in [-0.25, -0.2) is 4.98 Å². The maximum absolute atomic E-state index is 5.22. The van der Waals surface area contributed by atoms with Crippen molar-refractivity contribution < 1.29 is 4.74 Å². The summed E-state index contributed by atoms with van der Waals surface area (Å²) in [5.41, 5.74) is 4.01. The van der Waals surface area contributed by atoms with E-state index in [9.17, 15) is 0 Å². The van der Waals surface area contributed by atoms with Gasteiger partial charge >= 0.3 is 0 Å². The maximum atomic E-state index is 5.22. The standard InChI is InChI=1S/C16H19N3O/c1-20-13-5-2-11(3-6-13)8-19-9-12-4-7-14(19)16-15(12)17-10-18-16/h2-3,5-6,10,12,14H,4,7-9H2,1H3,(H,17,18). The molecule has 2 aliphatic heterocycles. The number of benzene rings is 1. The highest BCUT2D eigenvalue weighted by Gasteiger charge is 2.39. The molecule has 1 aromatic heterocycles. The Morgan fingerprint density at radius 3 is 2.95 bits per heavy atom. The number of imidazole rings is 1. The number of ether oxygens (including phenoxy) is 1. The van der Waals surface area contributed by atoms with Crippen LogP contribution in [0.2, 0.25) is 0 Å². The molecule has 0 radical (unpaired) electrons. The number of aromatic nitrogens is 2. The van der Waals surface area contributed by atoms with Crippen LogP contribution >= 0.6 is 0 Å². The van der Waals surface area contributed by atoms with E-state index in [1.807, 2.05) is 18.5 Å². The SMILES string of the molecule is COc1ccc(CN2CC3CCC2c2[nH]cnc23)cc1. The lowest BCUT2D eigenvalue weighted by Crippen LogP contribution is -2.42. The first-order valence-corrected chi connectivity index (χ1v) is 7.25. The minimum Gasteiger partial charge on any atom is -0.497 e. The second kappa shape index (κ2) is 4.63. The molecular weight excluding hydrogens is 250 g/mol. The minimum atomic E-state index is 0.514. The van der Waals surface area contributed by atoms with Crippen molar-refractivity contribution >= 4 is 0 Å². The molecule has 0 amide bonds. The number of aromatic amines is 1. The van der Waals surface area contributed by atoms with Crippen molar-refractivity contribution in [2.45, 2.75) is 31.3 Å². The van der Waals surface area contributed by atoms with Crippen LogP contribution < -0.4 is 4.74 Å². The minimum absolute atomic E-state index is 0.514. The van der Waals surface area contributed by atoms with E-state index in [-0.39, 0.29) is 0 Å². The van der Waals surface area contributed by atoms with Crippen LogP contribution in [0, 0.1) is 0 Å². The summed E-state index contributed by atoms with van der Waals surface area (Å²) in [5.74, 6) is 1.53. The Morgan fingerprint density at radius 2 is 2.15 bits per heavy atom. The number of fused-ring (bicyclic) bond motifs is 2. The highest BCUT2D eigenvalue weighted by molar-refractivity contribution is 5.30. The van der Waals surface area contributed by atoms with Gasteiger partial charge in [-0.2, -0.15) is 0 Å². The highest BCUT2D eigenvalue weighted by atomic mass is 16.5. The van der Waals surface area contributed by atoms with E-state index in [1.54, 1.807) is 7.11 Å². The Bertz CT molecular complexity index is 604. The predicted octanol–water partition coefficient (Wildman–Crippen LogP) is 2.85. The fourth-order valence-corrected chi connectivity index (χ4v) is 3.64. The lowest BCUT2D eigenvalue weighted by atomic mass is 9.80. The fourth-order valence-electron chi connectivity index (χ4n) is 3.64. The van der Waals surface area contributed by atoms with Gasteiger partial charge in [0.15, 0.2) is 0 Å². The molecule has 104 valence electrons. The molecule has 1 saturated heterocycles. The normalized spacial score (nSPS) is 24.6. The molecule has 2 atom stereocenters. The Balaban J connectivity index is 1.56. The first kappa shape index (κ1) is 12.0. The molecule has 2 aromatic rings. The monoisotopic (exact) mass is 269 g/mol. The molecular formula is C16H19N3O. The number of piperidine rings is 1. The summed E-state index contributed by atoms with van der Waals surface area (Å²) in [6, 6.07) is 8.92. The number of rotatable bonds is 3. The molecule has 3 heterocycles. The number of hydrogen-bond donors (Lipinski definition) is 1. The summed E-state index contributed by atoms with van der Waals surface area (Å²) in [4.78, 5) is 10.4. The molecule has 0 saturated carbocycles. The van der Waals surface area contributed by atoms with Crippen molar-refractivity contribution in [1.29, 1.82) is 0 Å². The fraction of sp³-hybridized carbons (Fsp3) is 0.438. The molecule has 4 nitrogen and oxygen atoms in total. The smallest absolute Gasteiger partial charge is 0.118 e. The van der Waals surface area contributed by atoms with Crippen LogP contribution in [-0.2, 0) is 6.54 Å². The topological polar surface area (TPSA) is 41.1 Å². The maximum Gasteiger partial charge on any atom is 0.118 e. The Kier molecular flexibility index (Phi) is 2.77. The van der Waals surface area contributed by atoms with Crippen molar-refractivity contribution in [3.05, 3.63) is 47.5 Å². The molecule has 1 aliphatic carbocycles. The van der Waals surface area contributed by atoms with E-state index < -0.39 is 0 Å². The lowest BCUT2D eigenvalue weighted by Gasteiger charge is -2.44. The molecule has 4 heteroatoms. The van der Waals surface area contributed by atoms with E-state index >= 15 is 0 Å². The van der Waals surface area contributed by atoms with Crippen molar-refractivity contribution in [2.24, 2.45) is 0 Å². The zero-order valence-electron chi connectivity index (χ0n) is 11.7. The van der Waals surface area contributed by atoms with Crippen LogP contribution in [-0.4, -0.2) is 28.5 Å². The summed E-state index contributed by atoms with van der Waals surface area (Å²) in [7, 11) is 1.71. The van der Waals surface area contributed by atoms with Gasteiger partial charge in [0.1, 0.15) is 5.75 Å². The van der Waals surface area contributed by atoms with E-state index in [0.29, 0.717) is 12.0 Å². The number of nitrogens with zero attached hydrogens (tertiary/aromatic N) is 2. The molecule has 2 bridgehead atoms. The van der Waals surface area contributed by atoms with Crippen LogP contribution in [0.15, 0.2) is 30.6 Å². The first-order valence-electron chi connectivity index (χ1n) is 7.25. The van der Waals surface area contributed by atoms with Gasteiger partial charge < -0.3 is 9.72 Å². The first-order chi connectivity index (χ1) is 9.85. The summed E-state index contributed by atoms with van der Waals surface area (Å²) >= 11 is 0. The molecule has 20 heavy (non-hydrogen) atoms. The summed E-state index contributed by atoms with van der Waals surface area (Å²) in [6.45, 7) is 2.14. The van der Waals surface area contributed by atoms with Gasteiger partial charge in [-0.05, 0) is 30.5 Å². The van der Waals surface area contributed by atoms with Gasteiger partial charge in [0, 0.05) is 19.0 Å². The summed E-state index contributed by atoms with van der Waals surface area (Å²) in [5, 5.41) is 0. The molecule has 1 N–H and O–H groups in total. The summed E-state index contributed by atoms with van der Waals surface area (Å²) < 4.78 is 5.22. The van der Waals surface area contributed by atoms with Crippen molar-refractivity contribution in [1.82, 2.24) is 14.9 Å². The van der Waals surface area contributed by atoms with Crippen molar-refractivity contribution in [3.8, 4) is 5.75 Å². The van der Waals surface area contributed by atoms with Crippen LogP contribution in [0.3, 0.4) is 0 Å². The quantitative estimate of drug-likeness (QED) is 0.931. The average molecular weight is 269 g/mol. The molecule has 1 fully saturated rings. The number of H-pyrrole nitrogens is 1. The third-order valence-corrected chi connectivity index (χ3v) is 4.65. The third-order valence-electron chi connectivity index (χ3n) is 4.65. The Hall–Kier alpha value is -1.81. The molecule has 3 aliphatic rings. The van der Waals surface area contributed by atoms with E-state index in [4.69, 9.17) is 4.74 Å². The van der Waals surface area contributed by atoms with Gasteiger partial charge in [0.05, 0.1) is 30.9 Å².